The zero-order valence-corrected chi connectivity index (χ0v) is 14.6. The van der Waals surface area contributed by atoms with Gasteiger partial charge in [-0.05, 0) is 25.0 Å². The number of carbonyl (C=O) groups excluding carboxylic acids is 1. The number of nitrogens with two attached hydrogens (primary N) is 1. The highest BCUT2D eigenvalue weighted by molar-refractivity contribution is 5.92. The van der Waals surface area contributed by atoms with Crippen LogP contribution < -0.4 is 5.73 Å². The molecule has 2 N–H and O–H groups in total. The maximum Gasteiger partial charge on any atom is 0.417 e. The quantitative estimate of drug-likeness (QED) is 0.862. The largest absolute Gasteiger partial charge is 0.417 e. The first kappa shape index (κ1) is 22.9. The first-order valence-corrected chi connectivity index (χ1v) is 6.94. The highest BCUT2D eigenvalue weighted by Crippen LogP contribution is 2.28. The number of ether oxygens (including phenoxy) is 1. The Labute approximate surface area is 150 Å². The van der Waals surface area contributed by atoms with E-state index in [9.17, 15) is 18.0 Å². The number of nitrogens with zero attached hydrogens (tertiary/aromatic N) is 2. The van der Waals surface area contributed by atoms with Gasteiger partial charge >= 0.3 is 6.18 Å². The van der Waals surface area contributed by atoms with Gasteiger partial charge in [0.05, 0.1) is 11.7 Å². The summed E-state index contributed by atoms with van der Waals surface area (Å²) >= 11 is 0. The molecular formula is C14H20Cl2F3N3O2. The monoisotopic (exact) mass is 389 g/mol. The predicted octanol–water partition coefficient (Wildman–Crippen LogP) is 2.52. The molecule has 5 nitrogen and oxygen atoms in total. The summed E-state index contributed by atoms with van der Waals surface area (Å²) in [6.45, 7) is 0.716. The van der Waals surface area contributed by atoms with Crippen LogP contribution in [0.3, 0.4) is 0 Å². The van der Waals surface area contributed by atoms with Crippen molar-refractivity contribution in [1.82, 2.24) is 9.88 Å². The van der Waals surface area contributed by atoms with Crippen LogP contribution in [0.2, 0.25) is 0 Å². The first-order chi connectivity index (χ1) is 10.4. The molecule has 1 aliphatic rings. The molecule has 2 heterocycles. The van der Waals surface area contributed by atoms with Gasteiger partial charge in [-0.25, -0.2) is 0 Å². The molecule has 1 aromatic rings. The Morgan fingerprint density at radius 2 is 2.08 bits per heavy atom. The van der Waals surface area contributed by atoms with Gasteiger partial charge in [-0.15, -0.1) is 24.8 Å². The Hall–Kier alpha value is -1.09. The zero-order valence-electron chi connectivity index (χ0n) is 13.0. The van der Waals surface area contributed by atoms with E-state index in [0.29, 0.717) is 25.6 Å². The molecule has 1 saturated heterocycles. The molecule has 0 radical (unpaired) electrons. The summed E-state index contributed by atoms with van der Waals surface area (Å²) in [5, 5.41) is 0. The molecule has 1 amide bonds. The minimum Gasteiger partial charge on any atom is -0.381 e. The average Bonchev–Trinajstić information content (AvgIpc) is 2.52. The van der Waals surface area contributed by atoms with Crippen molar-refractivity contribution >= 4 is 30.7 Å². The van der Waals surface area contributed by atoms with Crippen molar-refractivity contribution in [1.29, 1.82) is 0 Å². The molecule has 0 bridgehead atoms. The number of halogens is 5. The summed E-state index contributed by atoms with van der Waals surface area (Å²) in [5.41, 5.74) is 4.80. The van der Waals surface area contributed by atoms with Gasteiger partial charge < -0.3 is 15.4 Å². The minimum atomic E-state index is -4.47. The number of amides is 1. The smallest absolute Gasteiger partial charge is 0.381 e. The molecule has 0 saturated carbocycles. The fourth-order valence-electron chi connectivity index (χ4n) is 2.55. The number of piperidine rings is 1. The van der Waals surface area contributed by atoms with E-state index in [-0.39, 0.29) is 49.2 Å². The van der Waals surface area contributed by atoms with E-state index in [2.05, 4.69) is 4.98 Å². The molecule has 0 aliphatic carbocycles. The second kappa shape index (κ2) is 9.41. The number of methoxy groups -OCH3 is 1. The Morgan fingerprint density at radius 3 is 2.54 bits per heavy atom. The van der Waals surface area contributed by atoms with E-state index in [1.54, 1.807) is 12.0 Å². The summed E-state index contributed by atoms with van der Waals surface area (Å²) in [7, 11) is 1.60. The van der Waals surface area contributed by atoms with E-state index in [4.69, 9.17) is 10.5 Å². The maximum atomic E-state index is 12.5. The lowest BCUT2D eigenvalue weighted by Crippen LogP contribution is -2.51. The van der Waals surface area contributed by atoms with Crippen LogP contribution in [-0.4, -0.2) is 48.1 Å². The van der Waals surface area contributed by atoms with E-state index in [1.807, 2.05) is 0 Å². The number of hydrogen-bond donors (Lipinski definition) is 1. The molecule has 2 atom stereocenters. The second-order valence-corrected chi connectivity index (χ2v) is 5.20. The van der Waals surface area contributed by atoms with Gasteiger partial charge in [-0.1, -0.05) is 0 Å². The number of alkyl halides is 3. The first-order valence-electron chi connectivity index (χ1n) is 6.94. The number of carbonyl (C=O) groups is 1. The van der Waals surface area contributed by atoms with Crippen LogP contribution >= 0.6 is 24.8 Å². The molecule has 1 aromatic heterocycles. The van der Waals surface area contributed by atoms with Crippen molar-refractivity contribution in [3.05, 3.63) is 29.6 Å². The van der Waals surface area contributed by atoms with E-state index >= 15 is 0 Å². The maximum absolute atomic E-state index is 12.5. The standard InChI is InChI=1S/C14H18F3N3O2.2ClH/c1-22-11-4-5-20(10(6-11)7-18)13(21)12-3-2-9(8-19-12)14(15,16)17;;/h2-3,8,10-11H,4-7,18H2,1H3;2*1H. The van der Waals surface area contributed by atoms with Gasteiger partial charge in [0.15, 0.2) is 0 Å². The van der Waals surface area contributed by atoms with Crippen LogP contribution in [-0.2, 0) is 10.9 Å². The summed E-state index contributed by atoms with van der Waals surface area (Å²) < 4.78 is 42.8. The summed E-state index contributed by atoms with van der Waals surface area (Å²) in [4.78, 5) is 17.6. The number of hydrogen-bond acceptors (Lipinski definition) is 4. The lowest BCUT2D eigenvalue weighted by atomic mass is 9.98. The van der Waals surface area contributed by atoms with Crippen LogP contribution in [0.1, 0.15) is 28.9 Å². The van der Waals surface area contributed by atoms with E-state index < -0.39 is 17.6 Å². The third-order valence-electron chi connectivity index (χ3n) is 3.84. The van der Waals surface area contributed by atoms with Crippen molar-refractivity contribution < 1.29 is 22.7 Å². The second-order valence-electron chi connectivity index (χ2n) is 5.20. The number of aromatic nitrogens is 1. The van der Waals surface area contributed by atoms with Crippen molar-refractivity contribution in [2.75, 3.05) is 20.2 Å². The lowest BCUT2D eigenvalue weighted by molar-refractivity contribution is -0.137. The van der Waals surface area contributed by atoms with Gasteiger partial charge in [0.1, 0.15) is 5.69 Å². The van der Waals surface area contributed by atoms with Gasteiger partial charge in [-0.3, -0.25) is 9.78 Å². The van der Waals surface area contributed by atoms with Gasteiger partial charge in [0, 0.05) is 32.4 Å². The van der Waals surface area contributed by atoms with Crippen molar-refractivity contribution in [2.45, 2.75) is 31.2 Å². The molecule has 2 unspecified atom stereocenters. The third kappa shape index (κ3) is 5.20. The predicted molar refractivity (Wildman–Crippen MR) is 87.6 cm³/mol. The van der Waals surface area contributed by atoms with Crippen molar-refractivity contribution in [2.24, 2.45) is 5.73 Å². The number of rotatable bonds is 3. The number of pyridine rings is 1. The Bertz CT molecular complexity index is 529. The molecule has 10 heteroatoms. The third-order valence-corrected chi connectivity index (χ3v) is 3.84. The fourth-order valence-corrected chi connectivity index (χ4v) is 2.55. The van der Waals surface area contributed by atoms with Crippen LogP contribution in [0.5, 0.6) is 0 Å². The van der Waals surface area contributed by atoms with Gasteiger partial charge in [0.25, 0.3) is 5.91 Å². The molecule has 1 fully saturated rings. The average molecular weight is 390 g/mol. The molecule has 0 aromatic carbocycles. The molecule has 0 spiro atoms. The molecule has 138 valence electrons. The summed E-state index contributed by atoms with van der Waals surface area (Å²) in [5.74, 6) is -0.404. The zero-order chi connectivity index (χ0) is 16.3. The normalized spacial score (nSPS) is 20.8. The van der Waals surface area contributed by atoms with Crippen LogP contribution in [0.15, 0.2) is 18.3 Å². The summed E-state index contributed by atoms with van der Waals surface area (Å²) in [6, 6.07) is 1.76. The van der Waals surface area contributed by atoms with E-state index in [1.165, 1.54) is 0 Å². The SMILES string of the molecule is COC1CCN(C(=O)c2ccc(C(F)(F)F)cn2)C(CN)C1.Cl.Cl. The van der Waals surface area contributed by atoms with Crippen LogP contribution in [0, 0.1) is 0 Å². The highest BCUT2D eigenvalue weighted by Gasteiger charge is 2.33. The lowest BCUT2D eigenvalue weighted by Gasteiger charge is -2.38. The van der Waals surface area contributed by atoms with Crippen molar-refractivity contribution in [3.8, 4) is 0 Å². The van der Waals surface area contributed by atoms with Crippen molar-refractivity contribution in [3.63, 3.8) is 0 Å². The van der Waals surface area contributed by atoms with Crippen LogP contribution in [0.4, 0.5) is 13.2 Å². The topological polar surface area (TPSA) is 68.5 Å². The molecule has 1 aliphatic heterocycles. The minimum absolute atomic E-state index is 0. The summed E-state index contributed by atoms with van der Waals surface area (Å²) in [6.07, 6.45) is -2.48. The van der Waals surface area contributed by atoms with Gasteiger partial charge in [-0.2, -0.15) is 13.2 Å². The molecular weight excluding hydrogens is 370 g/mol. The highest BCUT2D eigenvalue weighted by atomic mass is 35.5. The molecule has 2 rings (SSSR count). The fraction of sp³-hybridized carbons (Fsp3) is 0.571. The number of likely N-dealkylation sites (tertiary alicyclic amines) is 1. The Morgan fingerprint density at radius 1 is 1.42 bits per heavy atom. The Balaban J connectivity index is 0.00000264. The van der Waals surface area contributed by atoms with E-state index in [0.717, 1.165) is 12.1 Å². The molecule has 24 heavy (non-hydrogen) atoms. The van der Waals surface area contributed by atoms with Gasteiger partial charge in [0.2, 0.25) is 0 Å². The Kier molecular flexibility index (Phi) is 8.98. The van der Waals surface area contributed by atoms with Crippen LogP contribution in [0.25, 0.3) is 0 Å².